The minimum atomic E-state index is -0.384. The molecule has 2 aromatic carbocycles. The first-order valence-corrected chi connectivity index (χ1v) is 7.09. The largest absolute Gasteiger partial charge is 0.412 e. The molecule has 0 aromatic heterocycles. The Labute approximate surface area is 124 Å². The maximum absolute atomic E-state index is 11.7. The first kappa shape index (κ1) is 13.6. The van der Waals surface area contributed by atoms with E-state index in [0.29, 0.717) is 5.75 Å². The number of nitrogens with one attached hydrogen (secondary N) is 1. The van der Waals surface area contributed by atoms with E-state index in [0.717, 1.165) is 19.6 Å². The second-order valence-electron chi connectivity index (χ2n) is 5.22. The smallest absolute Gasteiger partial charge is 0.410 e. The summed E-state index contributed by atoms with van der Waals surface area (Å²) in [4.78, 5) is 14.0. The quantitative estimate of drug-likeness (QED) is 0.937. The maximum Gasteiger partial charge on any atom is 0.412 e. The fraction of sp³-hybridized carbons (Fsp3) is 0.235. The molecule has 4 heteroatoms. The molecule has 1 fully saturated rings. The highest BCUT2D eigenvalue weighted by Gasteiger charge is 2.28. The molecule has 1 amide bonds. The number of amides is 1. The standard InChI is InChI=1S/C17H18N2O2/c20-17(21-16-9-5-2-6-10-16)18-15-12-19(13-15)11-14-7-3-1-4-8-14/h1-10,15H,11-13H2,(H,18,20). The van der Waals surface area contributed by atoms with Crippen molar-refractivity contribution in [2.24, 2.45) is 0 Å². The van der Waals surface area contributed by atoms with Crippen LogP contribution in [-0.2, 0) is 6.54 Å². The van der Waals surface area contributed by atoms with Gasteiger partial charge in [-0.25, -0.2) is 4.79 Å². The SMILES string of the molecule is O=C(NC1CN(Cc2ccccc2)C1)Oc1ccccc1. The molecule has 1 N–H and O–H groups in total. The fourth-order valence-corrected chi connectivity index (χ4v) is 2.42. The number of ether oxygens (including phenoxy) is 1. The molecule has 0 bridgehead atoms. The lowest BCUT2D eigenvalue weighted by Gasteiger charge is -2.39. The van der Waals surface area contributed by atoms with Gasteiger partial charge in [-0.05, 0) is 17.7 Å². The Balaban J connectivity index is 1.40. The maximum atomic E-state index is 11.7. The summed E-state index contributed by atoms with van der Waals surface area (Å²) in [6.45, 7) is 2.64. The lowest BCUT2D eigenvalue weighted by Crippen LogP contribution is -2.59. The predicted molar refractivity (Wildman–Crippen MR) is 81.1 cm³/mol. The molecule has 1 aliphatic heterocycles. The number of hydrogen-bond donors (Lipinski definition) is 1. The van der Waals surface area contributed by atoms with Crippen molar-refractivity contribution >= 4 is 6.09 Å². The Bertz CT molecular complexity index is 580. The Kier molecular flexibility index (Phi) is 4.17. The zero-order chi connectivity index (χ0) is 14.5. The van der Waals surface area contributed by atoms with Crippen LogP contribution in [0.5, 0.6) is 5.75 Å². The van der Waals surface area contributed by atoms with Crippen molar-refractivity contribution in [2.45, 2.75) is 12.6 Å². The third-order valence-electron chi connectivity index (χ3n) is 3.48. The molecular weight excluding hydrogens is 264 g/mol. The minimum Gasteiger partial charge on any atom is -0.410 e. The highest BCUT2D eigenvalue weighted by atomic mass is 16.6. The molecule has 0 radical (unpaired) electrons. The summed E-state index contributed by atoms with van der Waals surface area (Å²) in [5.41, 5.74) is 1.29. The van der Waals surface area contributed by atoms with Crippen LogP contribution in [-0.4, -0.2) is 30.1 Å². The van der Waals surface area contributed by atoms with Crippen molar-refractivity contribution in [3.8, 4) is 5.75 Å². The zero-order valence-electron chi connectivity index (χ0n) is 11.7. The molecule has 0 spiro atoms. The van der Waals surface area contributed by atoms with Gasteiger partial charge in [0.05, 0.1) is 6.04 Å². The van der Waals surface area contributed by atoms with E-state index in [4.69, 9.17) is 4.74 Å². The summed E-state index contributed by atoms with van der Waals surface area (Å²) in [5.74, 6) is 0.565. The number of nitrogens with zero attached hydrogens (tertiary/aromatic N) is 1. The van der Waals surface area contributed by atoms with Crippen molar-refractivity contribution in [2.75, 3.05) is 13.1 Å². The van der Waals surface area contributed by atoms with Crippen LogP contribution in [0.1, 0.15) is 5.56 Å². The van der Waals surface area contributed by atoms with Gasteiger partial charge in [-0.3, -0.25) is 4.90 Å². The van der Waals surface area contributed by atoms with Crippen molar-refractivity contribution < 1.29 is 9.53 Å². The van der Waals surface area contributed by atoms with Gasteiger partial charge in [0.15, 0.2) is 0 Å². The third-order valence-corrected chi connectivity index (χ3v) is 3.48. The molecule has 108 valence electrons. The summed E-state index contributed by atoms with van der Waals surface area (Å²) in [5, 5.41) is 2.88. The van der Waals surface area contributed by atoms with Gasteiger partial charge in [-0.15, -0.1) is 0 Å². The molecule has 2 aromatic rings. The van der Waals surface area contributed by atoms with Gasteiger partial charge in [0.1, 0.15) is 5.75 Å². The number of hydrogen-bond acceptors (Lipinski definition) is 3. The van der Waals surface area contributed by atoms with Crippen molar-refractivity contribution in [1.29, 1.82) is 0 Å². The van der Waals surface area contributed by atoms with Gasteiger partial charge in [-0.2, -0.15) is 0 Å². The number of benzene rings is 2. The Hall–Kier alpha value is -2.33. The number of likely N-dealkylation sites (tertiary alicyclic amines) is 1. The fourth-order valence-electron chi connectivity index (χ4n) is 2.42. The van der Waals surface area contributed by atoms with Crippen LogP contribution >= 0.6 is 0 Å². The van der Waals surface area contributed by atoms with Crippen molar-refractivity contribution in [3.63, 3.8) is 0 Å². The monoisotopic (exact) mass is 282 g/mol. The summed E-state index contributed by atoms with van der Waals surface area (Å²) >= 11 is 0. The summed E-state index contributed by atoms with van der Waals surface area (Å²) in [6.07, 6.45) is -0.384. The number of rotatable bonds is 4. The van der Waals surface area contributed by atoms with Gasteiger partial charge in [0, 0.05) is 19.6 Å². The molecule has 0 atom stereocenters. The van der Waals surface area contributed by atoms with E-state index in [1.807, 2.05) is 36.4 Å². The van der Waals surface area contributed by atoms with Crippen LogP contribution in [0.3, 0.4) is 0 Å². The van der Waals surface area contributed by atoms with E-state index in [2.05, 4.69) is 22.3 Å². The van der Waals surface area contributed by atoms with Gasteiger partial charge in [-0.1, -0.05) is 48.5 Å². The lowest BCUT2D eigenvalue weighted by atomic mass is 10.1. The Morgan fingerprint density at radius 3 is 2.33 bits per heavy atom. The normalized spacial score (nSPS) is 15.2. The number of carbonyl (C=O) groups excluding carboxylic acids is 1. The molecule has 0 unspecified atom stereocenters. The van der Waals surface area contributed by atoms with E-state index < -0.39 is 0 Å². The van der Waals surface area contributed by atoms with E-state index in [-0.39, 0.29) is 12.1 Å². The van der Waals surface area contributed by atoms with Crippen molar-refractivity contribution in [1.82, 2.24) is 10.2 Å². The molecule has 1 saturated heterocycles. The molecule has 0 saturated carbocycles. The van der Waals surface area contributed by atoms with Crippen LogP contribution in [0.25, 0.3) is 0 Å². The second kappa shape index (κ2) is 6.41. The summed E-state index contributed by atoms with van der Waals surface area (Å²) in [6, 6.07) is 19.6. The first-order valence-electron chi connectivity index (χ1n) is 7.09. The number of para-hydroxylation sites is 1. The van der Waals surface area contributed by atoms with E-state index in [1.165, 1.54) is 5.56 Å². The third kappa shape index (κ3) is 3.83. The molecule has 21 heavy (non-hydrogen) atoms. The van der Waals surface area contributed by atoms with Crippen LogP contribution in [0.15, 0.2) is 60.7 Å². The molecule has 3 rings (SSSR count). The summed E-state index contributed by atoms with van der Waals surface area (Å²) < 4.78 is 5.21. The molecule has 1 heterocycles. The van der Waals surface area contributed by atoms with Crippen molar-refractivity contribution in [3.05, 3.63) is 66.2 Å². The molecule has 0 aliphatic carbocycles. The van der Waals surface area contributed by atoms with Crippen LogP contribution in [0.2, 0.25) is 0 Å². The second-order valence-corrected chi connectivity index (χ2v) is 5.22. The zero-order valence-corrected chi connectivity index (χ0v) is 11.7. The lowest BCUT2D eigenvalue weighted by molar-refractivity contribution is 0.113. The Morgan fingerprint density at radius 2 is 1.67 bits per heavy atom. The van der Waals surface area contributed by atoms with Crippen LogP contribution in [0.4, 0.5) is 4.79 Å². The van der Waals surface area contributed by atoms with Gasteiger partial charge in [0.25, 0.3) is 0 Å². The van der Waals surface area contributed by atoms with E-state index in [1.54, 1.807) is 12.1 Å². The van der Waals surface area contributed by atoms with E-state index >= 15 is 0 Å². The molecule has 4 nitrogen and oxygen atoms in total. The minimum absolute atomic E-state index is 0.171. The average Bonchev–Trinajstić information content (AvgIpc) is 2.47. The highest BCUT2D eigenvalue weighted by Crippen LogP contribution is 2.14. The first-order chi connectivity index (χ1) is 10.3. The van der Waals surface area contributed by atoms with Gasteiger partial charge >= 0.3 is 6.09 Å². The van der Waals surface area contributed by atoms with E-state index in [9.17, 15) is 4.79 Å². The van der Waals surface area contributed by atoms with Gasteiger partial charge in [0.2, 0.25) is 0 Å². The molecular formula is C17H18N2O2. The van der Waals surface area contributed by atoms with Crippen LogP contribution < -0.4 is 10.1 Å². The van der Waals surface area contributed by atoms with Crippen LogP contribution in [0, 0.1) is 0 Å². The van der Waals surface area contributed by atoms with Gasteiger partial charge < -0.3 is 10.1 Å². The topological polar surface area (TPSA) is 41.6 Å². The molecule has 1 aliphatic rings. The summed E-state index contributed by atoms with van der Waals surface area (Å²) in [7, 11) is 0. The highest BCUT2D eigenvalue weighted by molar-refractivity contribution is 5.70. The Morgan fingerprint density at radius 1 is 1.05 bits per heavy atom. The predicted octanol–water partition coefficient (Wildman–Crippen LogP) is 2.66. The average molecular weight is 282 g/mol. The number of carbonyl (C=O) groups is 1.